The number of hydrogen-bond acceptors (Lipinski definition) is 3. The number of hydrogen-bond donors (Lipinski definition) is 1. The van der Waals surface area contributed by atoms with Crippen molar-refractivity contribution >= 4 is 29.5 Å². The lowest BCUT2D eigenvalue weighted by Gasteiger charge is -2.12. The van der Waals surface area contributed by atoms with Crippen molar-refractivity contribution in [3.63, 3.8) is 0 Å². The Balaban J connectivity index is 1.64. The fraction of sp³-hybridized carbons (Fsp3) is 0.316. The van der Waals surface area contributed by atoms with E-state index in [1.807, 2.05) is 48.2 Å². The molecule has 0 aliphatic carbocycles. The van der Waals surface area contributed by atoms with Crippen molar-refractivity contribution in [1.29, 1.82) is 0 Å². The number of rotatable bonds is 10. The molecule has 0 saturated heterocycles. The maximum Gasteiger partial charge on any atom is 0.307 e. The third-order valence-corrected chi connectivity index (χ3v) is 5.90. The van der Waals surface area contributed by atoms with Crippen molar-refractivity contribution in [2.75, 3.05) is 17.3 Å². The van der Waals surface area contributed by atoms with E-state index in [9.17, 15) is 9.90 Å². The van der Waals surface area contributed by atoms with Gasteiger partial charge in [0.1, 0.15) is 0 Å². The summed E-state index contributed by atoms with van der Waals surface area (Å²) in [4.78, 5) is 11.4. The molecule has 2 rings (SSSR count). The van der Waals surface area contributed by atoms with Crippen LogP contribution in [0.4, 0.5) is 0 Å². The summed E-state index contributed by atoms with van der Waals surface area (Å²) >= 11 is 3.64. The second-order valence-corrected chi connectivity index (χ2v) is 7.59. The zero-order valence-corrected chi connectivity index (χ0v) is 14.7. The average Bonchev–Trinajstić information content (AvgIpc) is 2.58. The first-order chi connectivity index (χ1) is 11.3. The fourth-order valence-electron chi connectivity index (χ4n) is 2.22. The molecule has 1 unspecified atom stereocenters. The molecule has 0 radical (unpaired) electrons. The minimum atomic E-state index is -0.696. The zero-order chi connectivity index (χ0) is 16.3. The lowest BCUT2D eigenvalue weighted by Crippen LogP contribution is -2.19. The number of carbonyl (C=O) groups is 1. The van der Waals surface area contributed by atoms with Gasteiger partial charge in [0.2, 0.25) is 0 Å². The Bertz CT molecular complexity index is 572. The molecular formula is C19H22O2S2. The summed E-state index contributed by atoms with van der Waals surface area (Å²) in [6, 6.07) is 20.3. The van der Waals surface area contributed by atoms with Crippen molar-refractivity contribution in [3.05, 3.63) is 71.8 Å². The Hall–Kier alpha value is -1.39. The summed E-state index contributed by atoms with van der Waals surface area (Å²) in [7, 11) is 0. The third kappa shape index (κ3) is 7.14. The predicted octanol–water partition coefficient (Wildman–Crippen LogP) is 4.60. The van der Waals surface area contributed by atoms with Crippen LogP contribution in [-0.2, 0) is 17.0 Å². The average molecular weight is 347 g/mol. The van der Waals surface area contributed by atoms with Crippen LogP contribution < -0.4 is 0 Å². The molecule has 2 aromatic carbocycles. The van der Waals surface area contributed by atoms with E-state index in [-0.39, 0.29) is 5.92 Å². The summed E-state index contributed by atoms with van der Waals surface area (Å²) in [5.41, 5.74) is 2.44. The van der Waals surface area contributed by atoms with Crippen LogP contribution >= 0.6 is 23.5 Å². The summed E-state index contributed by atoms with van der Waals surface area (Å²) < 4.78 is 0. The first kappa shape index (κ1) is 18.0. The van der Waals surface area contributed by atoms with Crippen molar-refractivity contribution in [3.8, 4) is 0 Å². The van der Waals surface area contributed by atoms with Gasteiger partial charge in [0.05, 0.1) is 5.92 Å². The molecule has 0 bridgehead atoms. The minimum Gasteiger partial charge on any atom is -0.481 e. The molecule has 0 heterocycles. The number of carboxylic acid groups (broad SMARTS) is 1. The van der Waals surface area contributed by atoms with Crippen LogP contribution in [0.25, 0.3) is 0 Å². The molecule has 0 aromatic heterocycles. The van der Waals surface area contributed by atoms with Gasteiger partial charge in [0, 0.05) is 23.0 Å². The molecular weight excluding hydrogens is 324 g/mol. The third-order valence-electron chi connectivity index (χ3n) is 3.48. The SMILES string of the molecule is O=C(O)C(CSCCSCc1ccccc1)Cc1ccccc1. The maximum atomic E-state index is 11.4. The van der Waals surface area contributed by atoms with Crippen LogP contribution in [0, 0.1) is 5.92 Å². The number of carboxylic acids is 1. The molecule has 0 amide bonds. The Morgan fingerprint density at radius 2 is 1.43 bits per heavy atom. The largest absolute Gasteiger partial charge is 0.481 e. The van der Waals surface area contributed by atoms with E-state index >= 15 is 0 Å². The van der Waals surface area contributed by atoms with Gasteiger partial charge in [-0.1, -0.05) is 60.7 Å². The summed E-state index contributed by atoms with van der Waals surface area (Å²) in [6.07, 6.45) is 0.611. The van der Waals surface area contributed by atoms with Gasteiger partial charge in [-0.2, -0.15) is 23.5 Å². The second-order valence-electron chi connectivity index (χ2n) is 5.34. The van der Waals surface area contributed by atoms with Crippen LogP contribution in [0.5, 0.6) is 0 Å². The van der Waals surface area contributed by atoms with Crippen molar-refractivity contribution in [2.24, 2.45) is 5.92 Å². The quantitative estimate of drug-likeness (QED) is 0.638. The molecule has 122 valence electrons. The van der Waals surface area contributed by atoms with Crippen LogP contribution in [0.15, 0.2) is 60.7 Å². The lowest BCUT2D eigenvalue weighted by atomic mass is 10.0. The monoisotopic (exact) mass is 346 g/mol. The zero-order valence-electron chi connectivity index (χ0n) is 13.1. The van der Waals surface area contributed by atoms with Gasteiger partial charge >= 0.3 is 5.97 Å². The van der Waals surface area contributed by atoms with Crippen LogP contribution in [0.2, 0.25) is 0 Å². The van der Waals surface area contributed by atoms with Gasteiger partial charge < -0.3 is 5.11 Å². The van der Waals surface area contributed by atoms with Crippen LogP contribution in [-0.4, -0.2) is 28.3 Å². The van der Waals surface area contributed by atoms with Crippen LogP contribution in [0.1, 0.15) is 11.1 Å². The molecule has 0 saturated carbocycles. The van der Waals surface area contributed by atoms with Gasteiger partial charge in [-0.15, -0.1) is 0 Å². The van der Waals surface area contributed by atoms with Gasteiger partial charge in [-0.3, -0.25) is 4.79 Å². The molecule has 1 N–H and O–H groups in total. The molecule has 4 heteroatoms. The summed E-state index contributed by atoms with van der Waals surface area (Å²) in [5.74, 6) is 2.75. The highest BCUT2D eigenvalue weighted by Gasteiger charge is 2.17. The standard InChI is InChI=1S/C19H22O2S2/c20-19(21)18(13-16-7-3-1-4-8-16)15-23-12-11-22-14-17-9-5-2-6-10-17/h1-10,18H,11-15H2,(H,20,21). The van der Waals surface area contributed by atoms with E-state index in [2.05, 4.69) is 24.3 Å². The lowest BCUT2D eigenvalue weighted by molar-refractivity contribution is -0.140. The Morgan fingerprint density at radius 1 is 0.870 bits per heavy atom. The summed E-state index contributed by atoms with van der Waals surface area (Å²) in [6.45, 7) is 0. The number of benzene rings is 2. The second kappa shape index (κ2) is 10.4. The maximum absolute atomic E-state index is 11.4. The van der Waals surface area contributed by atoms with E-state index in [0.717, 1.165) is 22.8 Å². The van der Waals surface area contributed by atoms with Gasteiger partial charge in [0.15, 0.2) is 0 Å². The molecule has 2 nitrogen and oxygen atoms in total. The highest BCUT2D eigenvalue weighted by molar-refractivity contribution is 8.02. The van der Waals surface area contributed by atoms with Crippen LogP contribution in [0.3, 0.4) is 0 Å². The molecule has 2 aromatic rings. The normalized spacial score (nSPS) is 12.0. The van der Waals surface area contributed by atoms with Gasteiger partial charge in [0.25, 0.3) is 0 Å². The predicted molar refractivity (Wildman–Crippen MR) is 101 cm³/mol. The first-order valence-corrected chi connectivity index (χ1v) is 10.0. The molecule has 0 fully saturated rings. The number of thioether (sulfide) groups is 2. The van der Waals surface area contributed by atoms with Crippen molar-refractivity contribution in [2.45, 2.75) is 12.2 Å². The highest BCUT2D eigenvalue weighted by atomic mass is 32.2. The Labute approximate surface area is 146 Å². The molecule has 0 aliphatic rings. The van der Waals surface area contributed by atoms with Crippen molar-refractivity contribution < 1.29 is 9.90 Å². The molecule has 23 heavy (non-hydrogen) atoms. The first-order valence-electron chi connectivity index (χ1n) is 7.72. The van der Waals surface area contributed by atoms with E-state index in [1.165, 1.54) is 5.56 Å². The van der Waals surface area contributed by atoms with Gasteiger partial charge in [-0.25, -0.2) is 0 Å². The van der Waals surface area contributed by atoms with E-state index in [1.54, 1.807) is 11.8 Å². The van der Waals surface area contributed by atoms with Crippen molar-refractivity contribution in [1.82, 2.24) is 0 Å². The number of aliphatic carboxylic acids is 1. The minimum absolute atomic E-state index is 0.304. The van der Waals surface area contributed by atoms with E-state index in [0.29, 0.717) is 12.2 Å². The molecule has 0 aliphatic heterocycles. The summed E-state index contributed by atoms with van der Waals surface area (Å²) in [5, 5.41) is 9.37. The highest BCUT2D eigenvalue weighted by Crippen LogP contribution is 2.18. The Kier molecular flexibility index (Phi) is 8.12. The van der Waals surface area contributed by atoms with E-state index in [4.69, 9.17) is 0 Å². The Morgan fingerprint density at radius 3 is 2.04 bits per heavy atom. The van der Waals surface area contributed by atoms with Gasteiger partial charge in [-0.05, 0) is 17.5 Å². The smallest absolute Gasteiger partial charge is 0.307 e. The molecule has 1 atom stereocenters. The topological polar surface area (TPSA) is 37.3 Å². The van der Waals surface area contributed by atoms with E-state index < -0.39 is 5.97 Å². The molecule has 0 spiro atoms. The fourth-order valence-corrected chi connectivity index (χ4v) is 4.45.